The summed E-state index contributed by atoms with van der Waals surface area (Å²) >= 11 is 0. The van der Waals surface area contributed by atoms with Crippen LogP contribution < -0.4 is 4.90 Å². The van der Waals surface area contributed by atoms with Crippen LogP contribution in [0.3, 0.4) is 0 Å². The van der Waals surface area contributed by atoms with Crippen LogP contribution in [0.4, 0.5) is 10.1 Å². The number of piperidine rings is 1. The number of anilines is 1. The molecule has 0 spiro atoms. The van der Waals surface area contributed by atoms with E-state index in [1.165, 1.54) is 18.6 Å². The molecule has 2 aromatic carbocycles. The second-order valence-corrected chi connectivity index (χ2v) is 6.97. The molecule has 4 heteroatoms. The molecule has 1 atom stereocenters. The smallest absolute Gasteiger partial charge is 0.123 e. The zero-order valence-corrected chi connectivity index (χ0v) is 15.0. The molecule has 0 bridgehead atoms. The molecule has 0 amide bonds. The van der Waals surface area contributed by atoms with Crippen LogP contribution in [0, 0.1) is 11.7 Å². The lowest BCUT2D eigenvalue weighted by Gasteiger charge is -2.35. The van der Waals surface area contributed by atoms with E-state index in [1.54, 1.807) is 7.11 Å². The van der Waals surface area contributed by atoms with Gasteiger partial charge in [-0.25, -0.2) is 9.37 Å². The Hall–Kier alpha value is -2.46. The second kappa shape index (κ2) is 7.42. The van der Waals surface area contributed by atoms with Gasteiger partial charge in [-0.3, -0.25) is 0 Å². The van der Waals surface area contributed by atoms with Gasteiger partial charge in [0.05, 0.1) is 23.5 Å². The van der Waals surface area contributed by atoms with E-state index < -0.39 is 0 Å². The van der Waals surface area contributed by atoms with Crippen LogP contribution in [-0.4, -0.2) is 31.8 Å². The summed E-state index contributed by atoms with van der Waals surface area (Å²) in [7, 11) is 1.76. The number of aromatic nitrogens is 1. The molecule has 1 aromatic heterocycles. The molecule has 1 aliphatic rings. The Bertz CT molecular complexity index is 892. The van der Waals surface area contributed by atoms with Gasteiger partial charge >= 0.3 is 0 Å². The molecule has 3 nitrogen and oxygen atoms in total. The lowest BCUT2D eigenvalue weighted by Crippen LogP contribution is -2.37. The minimum atomic E-state index is -0.228. The first-order valence-electron chi connectivity index (χ1n) is 9.14. The minimum Gasteiger partial charge on any atom is -0.384 e. The molecule has 4 rings (SSSR count). The molecule has 26 heavy (non-hydrogen) atoms. The highest BCUT2D eigenvalue weighted by molar-refractivity contribution is 5.89. The number of benzene rings is 2. The molecule has 0 aliphatic carbocycles. The number of ether oxygens (including phenoxy) is 1. The first kappa shape index (κ1) is 17.0. The summed E-state index contributed by atoms with van der Waals surface area (Å²) in [5.41, 5.74) is 3.94. The predicted molar refractivity (Wildman–Crippen MR) is 104 cm³/mol. The third-order valence-electron chi connectivity index (χ3n) is 5.08. The van der Waals surface area contributed by atoms with E-state index in [2.05, 4.69) is 17.0 Å². The van der Waals surface area contributed by atoms with Crippen molar-refractivity contribution >= 4 is 16.6 Å². The summed E-state index contributed by atoms with van der Waals surface area (Å²) in [4.78, 5) is 7.33. The maximum absolute atomic E-state index is 13.4. The van der Waals surface area contributed by atoms with E-state index in [4.69, 9.17) is 9.72 Å². The van der Waals surface area contributed by atoms with Crippen molar-refractivity contribution in [2.75, 3.05) is 31.7 Å². The summed E-state index contributed by atoms with van der Waals surface area (Å²) in [5.74, 6) is 0.301. The lowest BCUT2D eigenvalue weighted by molar-refractivity contribution is 0.143. The zero-order valence-electron chi connectivity index (χ0n) is 15.0. The van der Waals surface area contributed by atoms with E-state index in [0.29, 0.717) is 5.92 Å². The molecular formula is C22H23FN2O. The number of fused-ring (bicyclic) bond motifs is 1. The van der Waals surface area contributed by atoms with Gasteiger partial charge in [-0.1, -0.05) is 18.2 Å². The van der Waals surface area contributed by atoms with Gasteiger partial charge in [-0.05, 0) is 55.2 Å². The number of para-hydroxylation sites is 1. The van der Waals surface area contributed by atoms with Gasteiger partial charge in [0.2, 0.25) is 0 Å². The number of hydrogen-bond acceptors (Lipinski definition) is 3. The van der Waals surface area contributed by atoms with Crippen molar-refractivity contribution in [3.63, 3.8) is 0 Å². The molecule has 134 valence electrons. The molecule has 0 radical (unpaired) electrons. The van der Waals surface area contributed by atoms with Crippen molar-refractivity contribution < 1.29 is 9.13 Å². The van der Waals surface area contributed by atoms with Crippen LogP contribution in [-0.2, 0) is 4.74 Å². The molecule has 0 saturated carbocycles. The average molecular weight is 350 g/mol. The molecule has 3 aromatic rings. The Kier molecular flexibility index (Phi) is 4.85. The first-order chi connectivity index (χ1) is 12.7. The van der Waals surface area contributed by atoms with Gasteiger partial charge in [-0.15, -0.1) is 0 Å². The third kappa shape index (κ3) is 3.42. The van der Waals surface area contributed by atoms with Crippen LogP contribution in [0.25, 0.3) is 22.2 Å². The molecule has 1 fully saturated rings. The van der Waals surface area contributed by atoms with E-state index >= 15 is 0 Å². The van der Waals surface area contributed by atoms with Crippen molar-refractivity contribution in [3.8, 4) is 11.3 Å². The molecule has 1 saturated heterocycles. The SMILES string of the molecule is COCC1CCCN(c2cc3ccccc3nc2-c2ccc(F)cc2)C1. The Balaban J connectivity index is 1.80. The molecule has 0 N–H and O–H groups in total. The van der Waals surface area contributed by atoms with E-state index in [9.17, 15) is 4.39 Å². The van der Waals surface area contributed by atoms with Gasteiger partial charge in [0.1, 0.15) is 5.82 Å². The summed E-state index contributed by atoms with van der Waals surface area (Å²) in [6, 6.07) is 17.0. The van der Waals surface area contributed by atoms with Gasteiger partial charge < -0.3 is 9.64 Å². The van der Waals surface area contributed by atoms with Gasteiger partial charge in [-0.2, -0.15) is 0 Å². The standard InChI is InChI=1S/C22H23FN2O/c1-26-15-16-5-4-12-25(14-16)21-13-18-6-2-3-7-20(18)24-22(21)17-8-10-19(23)11-9-17/h2-3,6-11,13,16H,4-5,12,14-15H2,1H3. The summed E-state index contributed by atoms with van der Waals surface area (Å²) < 4.78 is 18.8. The second-order valence-electron chi connectivity index (χ2n) is 6.97. The fourth-order valence-corrected chi connectivity index (χ4v) is 3.82. The zero-order chi connectivity index (χ0) is 17.9. The molecular weight excluding hydrogens is 327 g/mol. The molecule has 1 aliphatic heterocycles. The summed E-state index contributed by atoms with van der Waals surface area (Å²) in [6.07, 6.45) is 2.33. The van der Waals surface area contributed by atoms with Gasteiger partial charge in [0, 0.05) is 31.1 Å². The van der Waals surface area contributed by atoms with Crippen LogP contribution in [0.15, 0.2) is 54.6 Å². The number of rotatable bonds is 4. The van der Waals surface area contributed by atoms with Gasteiger partial charge in [0.25, 0.3) is 0 Å². The first-order valence-corrected chi connectivity index (χ1v) is 9.14. The number of halogens is 1. The normalized spacial score (nSPS) is 17.6. The van der Waals surface area contributed by atoms with Crippen molar-refractivity contribution in [3.05, 3.63) is 60.4 Å². The highest BCUT2D eigenvalue weighted by Gasteiger charge is 2.23. The quantitative estimate of drug-likeness (QED) is 0.669. The van der Waals surface area contributed by atoms with E-state index in [0.717, 1.165) is 54.0 Å². The Morgan fingerprint density at radius 3 is 2.77 bits per heavy atom. The number of nitrogens with zero attached hydrogens (tertiary/aromatic N) is 2. The van der Waals surface area contributed by atoms with Crippen molar-refractivity contribution in [1.29, 1.82) is 0 Å². The maximum atomic E-state index is 13.4. The Morgan fingerprint density at radius 1 is 1.15 bits per heavy atom. The monoisotopic (exact) mass is 350 g/mol. The van der Waals surface area contributed by atoms with Crippen molar-refractivity contribution in [2.24, 2.45) is 5.92 Å². The van der Waals surface area contributed by atoms with E-state index in [-0.39, 0.29) is 5.82 Å². The van der Waals surface area contributed by atoms with Crippen LogP contribution >= 0.6 is 0 Å². The van der Waals surface area contributed by atoms with Crippen LogP contribution in [0.2, 0.25) is 0 Å². The molecule has 1 unspecified atom stereocenters. The maximum Gasteiger partial charge on any atom is 0.123 e. The number of pyridine rings is 1. The summed E-state index contributed by atoms with van der Waals surface area (Å²) in [6.45, 7) is 2.75. The fraction of sp³-hybridized carbons (Fsp3) is 0.318. The van der Waals surface area contributed by atoms with Gasteiger partial charge in [0.15, 0.2) is 0 Å². The van der Waals surface area contributed by atoms with E-state index in [1.807, 2.05) is 30.3 Å². The topological polar surface area (TPSA) is 25.4 Å². The van der Waals surface area contributed by atoms with Crippen LogP contribution in [0.5, 0.6) is 0 Å². The Morgan fingerprint density at radius 2 is 1.96 bits per heavy atom. The van der Waals surface area contributed by atoms with Crippen LogP contribution in [0.1, 0.15) is 12.8 Å². The number of methoxy groups -OCH3 is 1. The predicted octanol–water partition coefficient (Wildman–Crippen LogP) is 4.90. The average Bonchev–Trinajstić information content (AvgIpc) is 2.68. The molecule has 2 heterocycles. The summed E-state index contributed by atoms with van der Waals surface area (Å²) in [5, 5.41) is 1.13. The third-order valence-corrected chi connectivity index (χ3v) is 5.08. The van der Waals surface area contributed by atoms with Crippen molar-refractivity contribution in [1.82, 2.24) is 4.98 Å². The number of hydrogen-bond donors (Lipinski definition) is 0. The highest BCUT2D eigenvalue weighted by Crippen LogP contribution is 2.34. The highest BCUT2D eigenvalue weighted by atomic mass is 19.1. The minimum absolute atomic E-state index is 0.228. The lowest BCUT2D eigenvalue weighted by atomic mass is 9.97. The van der Waals surface area contributed by atoms with Crippen molar-refractivity contribution in [2.45, 2.75) is 12.8 Å². The fourth-order valence-electron chi connectivity index (χ4n) is 3.82. The Labute approximate surface area is 153 Å². The largest absolute Gasteiger partial charge is 0.384 e.